The standard InChI is InChI=1S/C22H27N3O16S3.2Na/c1-12(26)21(22(27)23-13-8-17(38-4)18(10-15(13)36-2)41-44(33,34)35)25-24-14-9-19(39-5)20(11-16(14)37-3)42(28,29)7-6-40-43(30,31)32;;/h8-11,21H,6-7H2,1-5H3,(H,23,27)(H,30,31,32)(H,33,34,35);;/q;2*+1/p-2. The van der Waals surface area contributed by atoms with Gasteiger partial charge < -0.3 is 32.8 Å². The van der Waals surface area contributed by atoms with Gasteiger partial charge in [0, 0.05) is 24.3 Å². The van der Waals surface area contributed by atoms with Gasteiger partial charge in [-0.05, 0) is 12.8 Å². The van der Waals surface area contributed by atoms with Crippen LogP contribution in [0.1, 0.15) is 6.92 Å². The van der Waals surface area contributed by atoms with E-state index in [-0.39, 0.29) is 93.5 Å². The van der Waals surface area contributed by atoms with E-state index in [0.29, 0.717) is 0 Å². The Hall–Kier alpha value is -2.09. The summed E-state index contributed by atoms with van der Waals surface area (Å²) in [4.78, 5) is 15.6. The molecule has 1 unspecified atom stereocenters. The van der Waals surface area contributed by atoms with Crippen LogP contribution in [0.25, 0.3) is 0 Å². The second-order valence-corrected chi connectivity index (χ2v) is 12.2. The number of methoxy groups -OCH3 is 4. The molecule has 24 heteroatoms. The summed E-state index contributed by atoms with van der Waals surface area (Å²) in [5, 5.41) is 20.5. The topological polar surface area (TPSA) is 278 Å². The van der Waals surface area contributed by atoms with E-state index in [4.69, 9.17) is 23.5 Å². The van der Waals surface area contributed by atoms with E-state index in [9.17, 15) is 39.7 Å². The van der Waals surface area contributed by atoms with E-state index < -0.39 is 71.4 Å². The molecule has 0 radical (unpaired) electrons. The van der Waals surface area contributed by atoms with E-state index in [1.807, 2.05) is 0 Å². The number of aliphatic imine (C=N–C) groups is 1. The minimum atomic E-state index is -5.14. The van der Waals surface area contributed by atoms with Crippen LogP contribution < -0.4 is 87.4 Å². The van der Waals surface area contributed by atoms with Crippen molar-refractivity contribution in [3.63, 3.8) is 0 Å². The molecule has 0 spiro atoms. The minimum absolute atomic E-state index is 0. The summed E-state index contributed by atoms with van der Waals surface area (Å²) in [5.74, 6) is -4.46. The molecule has 2 aromatic carbocycles. The molecule has 2 aromatic rings. The molecule has 1 atom stereocenters. The molecule has 46 heavy (non-hydrogen) atoms. The first-order chi connectivity index (χ1) is 20.4. The number of hydrogen-bond acceptors (Lipinski definition) is 18. The zero-order valence-corrected chi connectivity index (χ0v) is 31.9. The number of rotatable bonds is 16. The number of nitrogens with zero attached hydrogens (tertiary/aromatic N) is 3. The Morgan fingerprint density at radius 3 is 1.83 bits per heavy atom. The van der Waals surface area contributed by atoms with Crippen LogP contribution in [0.3, 0.4) is 0 Å². The molecule has 0 bridgehead atoms. The molecule has 2 rings (SSSR count). The van der Waals surface area contributed by atoms with Crippen LogP contribution in [-0.2, 0) is 39.6 Å². The van der Waals surface area contributed by atoms with Crippen molar-refractivity contribution in [2.75, 3.05) is 40.8 Å². The second kappa shape index (κ2) is 18.5. The molecule has 0 saturated heterocycles. The van der Waals surface area contributed by atoms with Crippen molar-refractivity contribution in [1.82, 2.24) is 0 Å². The van der Waals surface area contributed by atoms with Crippen LogP contribution in [0, 0.1) is 0 Å². The fourth-order valence-corrected chi connectivity index (χ4v) is 5.26. The van der Waals surface area contributed by atoms with Gasteiger partial charge in [-0.15, -0.1) is 0 Å². The minimum Gasteiger partial charge on any atom is -0.860 e. The maximum absolute atomic E-state index is 13.0. The number of benzene rings is 2. The van der Waals surface area contributed by atoms with Gasteiger partial charge in [0.15, 0.2) is 33.2 Å². The Morgan fingerprint density at radius 2 is 1.35 bits per heavy atom. The second-order valence-electron chi connectivity index (χ2n) is 8.09. The summed E-state index contributed by atoms with van der Waals surface area (Å²) in [7, 11) is -9.88. The van der Waals surface area contributed by atoms with Crippen molar-refractivity contribution < 1.29 is 131 Å². The summed E-state index contributed by atoms with van der Waals surface area (Å²) >= 11 is 0. The van der Waals surface area contributed by atoms with Crippen LogP contribution in [0.15, 0.2) is 44.4 Å². The number of Topliss-reactive ketones (excluding diaryl/α,β-unsaturated/α-hetero) is 1. The number of hydrogen-bond donors (Lipinski definition) is 1. The predicted molar refractivity (Wildman–Crippen MR) is 145 cm³/mol. The molecule has 0 heterocycles. The van der Waals surface area contributed by atoms with Gasteiger partial charge in [-0.1, -0.05) is 0 Å². The van der Waals surface area contributed by atoms with Gasteiger partial charge in [0.25, 0.3) is 0 Å². The molecule has 0 aliphatic carbocycles. The van der Waals surface area contributed by atoms with Gasteiger partial charge >= 0.3 is 69.5 Å². The first-order valence-corrected chi connectivity index (χ1v) is 15.9. The zero-order valence-electron chi connectivity index (χ0n) is 25.4. The quantitative estimate of drug-likeness (QED) is 0.0421. The number of ether oxygens (including phenoxy) is 4. The Bertz CT molecular complexity index is 1780. The summed E-state index contributed by atoms with van der Waals surface area (Å²) in [6.45, 7) is 0.0373. The molecule has 1 N–H and O–H groups in total. The molecule has 0 aliphatic rings. The molecule has 0 aliphatic heterocycles. The molecule has 19 nitrogen and oxygen atoms in total. The molecule has 0 saturated carbocycles. The van der Waals surface area contributed by atoms with E-state index in [0.717, 1.165) is 59.6 Å². The first-order valence-electron chi connectivity index (χ1n) is 11.5. The van der Waals surface area contributed by atoms with Gasteiger partial charge in [0.05, 0.1) is 40.8 Å². The maximum atomic E-state index is 13.0. The molecule has 0 fully saturated rings. The average molecular weight is 730 g/mol. The number of ketones is 1. The Morgan fingerprint density at radius 1 is 0.826 bits per heavy atom. The number of azo groups is 1. The van der Waals surface area contributed by atoms with E-state index in [2.05, 4.69) is 23.6 Å². The van der Waals surface area contributed by atoms with Crippen molar-refractivity contribution in [3.05, 3.63) is 24.3 Å². The molecular formula is C22H25N3Na2O16S3. The van der Waals surface area contributed by atoms with Crippen molar-refractivity contribution in [2.45, 2.75) is 17.9 Å². The molecular weight excluding hydrogens is 704 g/mol. The van der Waals surface area contributed by atoms with Gasteiger partial charge in [-0.2, -0.15) is 18.6 Å². The Kier molecular flexibility index (Phi) is 17.6. The largest absolute Gasteiger partial charge is 1.00 e. The summed E-state index contributed by atoms with van der Waals surface area (Å²) < 4.78 is 117. The van der Waals surface area contributed by atoms with Gasteiger partial charge in [-0.25, -0.2) is 16.8 Å². The van der Waals surface area contributed by atoms with Crippen LogP contribution in [0.4, 0.5) is 11.4 Å². The summed E-state index contributed by atoms with van der Waals surface area (Å²) in [5.41, 5.74) is -0.451. The van der Waals surface area contributed by atoms with Gasteiger partial charge in [0.1, 0.15) is 33.5 Å². The van der Waals surface area contributed by atoms with E-state index >= 15 is 0 Å². The molecule has 0 aromatic heterocycles. The fourth-order valence-electron chi connectivity index (χ4n) is 3.25. The number of sulfone groups is 1. The summed E-state index contributed by atoms with van der Waals surface area (Å²) in [6, 6.07) is 2.12. The van der Waals surface area contributed by atoms with Gasteiger partial charge in [0.2, 0.25) is 10.4 Å². The fraction of sp³-hybridized carbons (Fsp3) is 0.364. The zero-order chi connectivity index (χ0) is 33.5. The normalized spacial score (nSPS) is 12.8. The van der Waals surface area contributed by atoms with Crippen LogP contribution in [0.2, 0.25) is 0 Å². The first kappa shape index (κ1) is 43.9. The number of carbonyl (C=O) groups excluding carboxylic acids is 1. The third-order valence-corrected chi connectivity index (χ3v) is 7.71. The van der Waals surface area contributed by atoms with Gasteiger partial charge in [-0.3, -0.25) is 18.5 Å². The smallest absolute Gasteiger partial charge is 0.860 e. The van der Waals surface area contributed by atoms with Crippen molar-refractivity contribution >= 4 is 53.7 Å². The third kappa shape index (κ3) is 12.8. The van der Waals surface area contributed by atoms with Crippen molar-refractivity contribution in [3.8, 4) is 28.7 Å². The van der Waals surface area contributed by atoms with E-state index in [1.54, 1.807) is 0 Å². The predicted octanol–water partition coefficient (Wildman–Crippen LogP) is -5.71. The van der Waals surface area contributed by atoms with Crippen LogP contribution >= 0.6 is 0 Å². The molecule has 244 valence electrons. The monoisotopic (exact) mass is 729 g/mol. The van der Waals surface area contributed by atoms with Crippen LogP contribution in [-0.4, -0.2) is 92.9 Å². The van der Waals surface area contributed by atoms with Crippen LogP contribution in [0.5, 0.6) is 28.7 Å². The maximum Gasteiger partial charge on any atom is 1.00 e. The van der Waals surface area contributed by atoms with Crippen molar-refractivity contribution in [1.29, 1.82) is 0 Å². The average Bonchev–Trinajstić information content (AvgIpc) is 2.91. The third-order valence-electron chi connectivity index (χ3n) is 5.17. The number of carbonyl (C=O) groups is 1. The Balaban J connectivity index is 0.0000101. The Labute approximate surface area is 308 Å². The SMILES string of the molecule is COc1cc(S(=O)(=O)CCOS(=O)(=O)[O-])c(OC)cc1N=NC(C(C)=O)C([O-])=Nc1cc(OC)c(OS(=O)(=O)O)cc1OC.[Na+].[Na+]. The van der Waals surface area contributed by atoms with Crippen molar-refractivity contribution in [2.24, 2.45) is 15.2 Å². The van der Waals surface area contributed by atoms with E-state index in [1.165, 1.54) is 0 Å². The molecule has 0 amide bonds. The summed E-state index contributed by atoms with van der Waals surface area (Å²) in [6.07, 6.45) is 0.